The molecule has 2 heterocycles. The van der Waals surface area contributed by atoms with Crippen LogP contribution in [0.4, 0.5) is 5.69 Å². The topological polar surface area (TPSA) is 48.1 Å². The van der Waals surface area contributed by atoms with Gasteiger partial charge < -0.3 is 9.47 Å². The van der Waals surface area contributed by atoms with Crippen LogP contribution >= 0.6 is 0 Å². The summed E-state index contributed by atoms with van der Waals surface area (Å²) in [4.78, 5) is 9.16. The Morgan fingerprint density at radius 1 is 1.09 bits per heavy atom. The molecular formula is C18H23N5. The molecule has 0 spiro atoms. The summed E-state index contributed by atoms with van der Waals surface area (Å²) in [5, 5.41) is 9.73. The van der Waals surface area contributed by atoms with Crippen LogP contribution in [0.5, 0.6) is 0 Å². The van der Waals surface area contributed by atoms with Crippen LogP contribution in [-0.4, -0.2) is 40.6 Å². The molecule has 1 aliphatic heterocycles. The zero-order valence-corrected chi connectivity index (χ0v) is 14.0. The molecule has 5 nitrogen and oxygen atoms in total. The third-order valence-electron chi connectivity index (χ3n) is 4.73. The normalized spacial score (nSPS) is 17.0. The first-order valence-corrected chi connectivity index (χ1v) is 8.05. The van der Waals surface area contributed by atoms with E-state index in [4.69, 9.17) is 0 Å². The lowest BCUT2D eigenvalue weighted by Gasteiger charge is -2.38. The van der Waals surface area contributed by atoms with Gasteiger partial charge in [0, 0.05) is 38.9 Å². The van der Waals surface area contributed by atoms with E-state index in [0.717, 1.165) is 43.4 Å². The summed E-state index contributed by atoms with van der Waals surface area (Å²) >= 11 is 0. The molecule has 0 amide bonds. The van der Waals surface area contributed by atoms with Crippen LogP contribution in [0.25, 0.3) is 0 Å². The van der Waals surface area contributed by atoms with E-state index in [1.807, 2.05) is 31.5 Å². The minimum Gasteiger partial charge on any atom is -0.369 e. The van der Waals surface area contributed by atoms with Gasteiger partial charge in [-0.1, -0.05) is 18.2 Å². The number of rotatable bonds is 3. The first-order chi connectivity index (χ1) is 11.1. The molecule has 1 aromatic heterocycles. The van der Waals surface area contributed by atoms with Gasteiger partial charge in [0.15, 0.2) is 0 Å². The monoisotopic (exact) mass is 309 g/mol. The van der Waals surface area contributed by atoms with Crippen LogP contribution in [0, 0.1) is 25.2 Å². The third-order valence-corrected chi connectivity index (χ3v) is 4.73. The van der Waals surface area contributed by atoms with Crippen molar-refractivity contribution >= 4 is 5.69 Å². The summed E-state index contributed by atoms with van der Waals surface area (Å²) in [5.41, 5.74) is 3.24. The van der Waals surface area contributed by atoms with E-state index in [1.165, 1.54) is 5.69 Å². The minimum atomic E-state index is -0.223. The maximum Gasteiger partial charge on any atom is 0.140 e. The summed E-state index contributed by atoms with van der Waals surface area (Å²) in [6.45, 7) is 7.63. The number of hydrogen-bond acceptors (Lipinski definition) is 4. The second-order valence-corrected chi connectivity index (χ2v) is 6.08. The Kier molecular flexibility index (Phi) is 4.35. The van der Waals surface area contributed by atoms with Gasteiger partial charge in [0.25, 0.3) is 0 Å². The lowest BCUT2D eigenvalue weighted by atomic mass is 10.1. The van der Waals surface area contributed by atoms with Gasteiger partial charge in [0.05, 0.1) is 17.5 Å². The SMILES string of the molecule is Cc1nc(C)n(C)c1C(C#N)N1CCN(c2ccccc2)CC1. The average molecular weight is 309 g/mol. The molecule has 5 heteroatoms. The molecule has 0 saturated carbocycles. The Morgan fingerprint density at radius 3 is 2.26 bits per heavy atom. The standard InChI is InChI=1S/C18H23N5/c1-14-18(21(3)15(2)20-14)17(13-19)23-11-9-22(10-12-23)16-7-5-4-6-8-16/h4-8,17H,9-12H2,1-3H3. The Balaban J connectivity index is 1.74. The summed E-state index contributed by atoms with van der Waals surface area (Å²) in [6, 6.07) is 12.7. The molecular weight excluding hydrogens is 286 g/mol. The fraction of sp³-hybridized carbons (Fsp3) is 0.444. The van der Waals surface area contributed by atoms with E-state index in [2.05, 4.69) is 45.1 Å². The van der Waals surface area contributed by atoms with E-state index in [0.29, 0.717) is 0 Å². The summed E-state index contributed by atoms with van der Waals surface area (Å²) < 4.78 is 2.05. The van der Waals surface area contributed by atoms with Crippen molar-refractivity contribution in [3.63, 3.8) is 0 Å². The van der Waals surface area contributed by atoms with E-state index >= 15 is 0 Å². The number of para-hydroxylation sites is 1. The van der Waals surface area contributed by atoms with Gasteiger partial charge in [-0.05, 0) is 26.0 Å². The maximum atomic E-state index is 9.73. The molecule has 1 aliphatic rings. The highest BCUT2D eigenvalue weighted by molar-refractivity contribution is 5.46. The fourth-order valence-electron chi connectivity index (χ4n) is 3.37. The molecule has 0 N–H and O–H groups in total. The van der Waals surface area contributed by atoms with E-state index in [9.17, 15) is 5.26 Å². The Hall–Kier alpha value is -2.32. The van der Waals surface area contributed by atoms with Gasteiger partial charge >= 0.3 is 0 Å². The molecule has 1 fully saturated rings. The zero-order chi connectivity index (χ0) is 16.4. The number of piperazine rings is 1. The lowest BCUT2D eigenvalue weighted by molar-refractivity contribution is 0.216. The van der Waals surface area contributed by atoms with Gasteiger partial charge in [-0.2, -0.15) is 5.26 Å². The van der Waals surface area contributed by atoms with Crippen molar-refractivity contribution in [2.45, 2.75) is 19.9 Å². The summed E-state index contributed by atoms with van der Waals surface area (Å²) in [5.74, 6) is 0.959. The van der Waals surface area contributed by atoms with Crippen molar-refractivity contribution in [2.75, 3.05) is 31.1 Å². The van der Waals surface area contributed by atoms with Crippen LogP contribution in [0.3, 0.4) is 0 Å². The Labute approximate surface area is 137 Å². The number of imidazole rings is 1. The fourth-order valence-corrected chi connectivity index (χ4v) is 3.37. The molecule has 0 radical (unpaired) electrons. The number of nitriles is 1. The van der Waals surface area contributed by atoms with Crippen molar-refractivity contribution in [2.24, 2.45) is 7.05 Å². The Bertz CT molecular complexity index is 705. The van der Waals surface area contributed by atoms with Crippen LogP contribution in [0.1, 0.15) is 23.3 Å². The molecule has 0 aliphatic carbocycles. The molecule has 2 aromatic rings. The number of benzene rings is 1. The first kappa shape index (κ1) is 15.6. The van der Waals surface area contributed by atoms with Crippen molar-refractivity contribution in [1.29, 1.82) is 5.26 Å². The van der Waals surface area contributed by atoms with Crippen LogP contribution < -0.4 is 4.90 Å². The number of aryl methyl sites for hydroxylation is 2. The van der Waals surface area contributed by atoms with Crippen LogP contribution in [-0.2, 0) is 7.05 Å². The number of aromatic nitrogens is 2. The van der Waals surface area contributed by atoms with Crippen LogP contribution in [0.15, 0.2) is 30.3 Å². The minimum absolute atomic E-state index is 0.223. The second kappa shape index (κ2) is 6.43. The predicted octanol–water partition coefficient (Wildman–Crippen LogP) is 2.42. The molecule has 1 atom stereocenters. The van der Waals surface area contributed by atoms with Gasteiger partial charge in [0.2, 0.25) is 0 Å². The van der Waals surface area contributed by atoms with Gasteiger partial charge in [-0.15, -0.1) is 0 Å². The van der Waals surface area contributed by atoms with Crippen LogP contribution in [0.2, 0.25) is 0 Å². The molecule has 1 saturated heterocycles. The highest BCUT2D eigenvalue weighted by Gasteiger charge is 2.28. The highest BCUT2D eigenvalue weighted by Crippen LogP contribution is 2.26. The average Bonchev–Trinajstić information content (AvgIpc) is 2.83. The van der Waals surface area contributed by atoms with E-state index in [-0.39, 0.29) is 6.04 Å². The highest BCUT2D eigenvalue weighted by atomic mass is 15.3. The smallest absolute Gasteiger partial charge is 0.140 e. The lowest BCUT2D eigenvalue weighted by Crippen LogP contribution is -2.47. The third kappa shape index (κ3) is 2.95. The maximum absolute atomic E-state index is 9.73. The van der Waals surface area contributed by atoms with Crippen molar-refractivity contribution < 1.29 is 0 Å². The van der Waals surface area contributed by atoms with Gasteiger partial charge in [-0.25, -0.2) is 4.98 Å². The molecule has 1 unspecified atom stereocenters. The zero-order valence-electron chi connectivity index (χ0n) is 14.0. The molecule has 23 heavy (non-hydrogen) atoms. The van der Waals surface area contributed by atoms with Crippen molar-refractivity contribution in [3.05, 3.63) is 47.5 Å². The number of nitrogens with zero attached hydrogens (tertiary/aromatic N) is 5. The molecule has 0 bridgehead atoms. The van der Waals surface area contributed by atoms with Gasteiger partial charge in [-0.3, -0.25) is 4.90 Å². The Morgan fingerprint density at radius 2 is 1.74 bits per heavy atom. The largest absolute Gasteiger partial charge is 0.369 e. The molecule has 3 rings (SSSR count). The molecule has 120 valence electrons. The summed E-state index contributed by atoms with van der Waals surface area (Å²) in [6.07, 6.45) is 0. The van der Waals surface area contributed by atoms with E-state index in [1.54, 1.807) is 0 Å². The van der Waals surface area contributed by atoms with Crippen molar-refractivity contribution in [1.82, 2.24) is 14.5 Å². The first-order valence-electron chi connectivity index (χ1n) is 8.05. The number of anilines is 1. The predicted molar refractivity (Wildman–Crippen MR) is 91.3 cm³/mol. The summed E-state index contributed by atoms with van der Waals surface area (Å²) in [7, 11) is 2.00. The quantitative estimate of drug-likeness (QED) is 0.873. The molecule has 1 aromatic carbocycles. The second-order valence-electron chi connectivity index (χ2n) is 6.08. The van der Waals surface area contributed by atoms with Gasteiger partial charge in [0.1, 0.15) is 11.9 Å². The van der Waals surface area contributed by atoms with E-state index < -0.39 is 0 Å². The van der Waals surface area contributed by atoms with Crippen molar-refractivity contribution in [3.8, 4) is 6.07 Å². The number of hydrogen-bond donors (Lipinski definition) is 0.